The summed E-state index contributed by atoms with van der Waals surface area (Å²) in [4.78, 5) is 23.0. The molecule has 170 valence electrons. The second-order valence-corrected chi connectivity index (χ2v) is 8.61. The van der Waals surface area contributed by atoms with Gasteiger partial charge in [0.2, 0.25) is 5.91 Å². The Morgan fingerprint density at radius 2 is 1.91 bits per heavy atom. The maximum absolute atomic E-state index is 11.4. The lowest BCUT2D eigenvalue weighted by atomic mass is 10.0. The summed E-state index contributed by atoms with van der Waals surface area (Å²) in [5, 5.41) is 0. The van der Waals surface area contributed by atoms with E-state index in [0.29, 0.717) is 18.7 Å². The molecule has 0 spiro atoms. The standard InChI is InChI=1S/C26H28N4O3/c1-32-22-14-20-4-2-3-19(20)13-21(22)15-30-11-12-33-23(16-30)25-24(28-9-10-29-25)17-5-7-18(8-6-17)26(27)31/h5-10,13-14,23H,2-4,11-12,15-16H2,1H3,(H2,27,31)/t23-/m1/s1. The maximum atomic E-state index is 11.4. The number of benzene rings is 2. The zero-order valence-electron chi connectivity index (χ0n) is 18.8. The molecule has 5 rings (SSSR count). The van der Waals surface area contributed by atoms with Crippen molar-refractivity contribution in [3.05, 3.63) is 76.7 Å². The number of hydrogen-bond acceptors (Lipinski definition) is 6. The van der Waals surface area contributed by atoms with Crippen LogP contribution in [0.15, 0.2) is 48.8 Å². The molecule has 1 saturated heterocycles. The number of aromatic nitrogens is 2. The van der Waals surface area contributed by atoms with Crippen LogP contribution in [0.5, 0.6) is 5.75 Å². The number of morpholine rings is 1. The van der Waals surface area contributed by atoms with E-state index in [0.717, 1.165) is 48.6 Å². The highest BCUT2D eigenvalue weighted by Gasteiger charge is 2.27. The fourth-order valence-corrected chi connectivity index (χ4v) is 4.82. The third kappa shape index (κ3) is 4.47. The van der Waals surface area contributed by atoms with Gasteiger partial charge >= 0.3 is 0 Å². The normalized spacial score (nSPS) is 18.2. The molecule has 1 aliphatic carbocycles. The second kappa shape index (κ2) is 9.29. The van der Waals surface area contributed by atoms with Gasteiger partial charge in [-0.05, 0) is 48.6 Å². The lowest BCUT2D eigenvalue weighted by Crippen LogP contribution is -2.38. The predicted molar refractivity (Wildman–Crippen MR) is 125 cm³/mol. The van der Waals surface area contributed by atoms with Crippen molar-refractivity contribution in [3.8, 4) is 17.0 Å². The van der Waals surface area contributed by atoms with Crippen LogP contribution >= 0.6 is 0 Å². The van der Waals surface area contributed by atoms with E-state index < -0.39 is 5.91 Å². The van der Waals surface area contributed by atoms with Gasteiger partial charge in [-0.25, -0.2) is 0 Å². The number of ether oxygens (including phenoxy) is 2. The minimum Gasteiger partial charge on any atom is -0.496 e. The van der Waals surface area contributed by atoms with E-state index in [2.05, 4.69) is 27.0 Å². The quantitative estimate of drug-likeness (QED) is 0.627. The van der Waals surface area contributed by atoms with Gasteiger partial charge in [-0.1, -0.05) is 18.2 Å². The molecule has 2 aromatic carbocycles. The first kappa shape index (κ1) is 21.6. The molecule has 3 aromatic rings. The average molecular weight is 445 g/mol. The largest absolute Gasteiger partial charge is 0.496 e. The van der Waals surface area contributed by atoms with E-state index in [4.69, 9.17) is 15.2 Å². The monoisotopic (exact) mass is 444 g/mol. The zero-order valence-corrected chi connectivity index (χ0v) is 18.8. The van der Waals surface area contributed by atoms with Crippen molar-refractivity contribution >= 4 is 5.91 Å². The summed E-state index contributed by atoms with van der Waals surface area (Å²) in [7, 11) is 1.75. The van der Waals surface area contributed by atoms with E-state index in [9.17, 15) is 4.79 Å². The lowest BCUT2D eigenvalue weighted by molar-refractivity contribution is -0.0350. The Labute approximate surface area is 193 Å². The van der Waals surface area contributed by atoms with Crippen LogP contribution in [0.2, 0.25) is 0 Å². The molecule has 0 saturated carbocycles. The third-order valence-electron chi connectivity index (χ3n) is 6.51. The summed E-state index contributed by atoms with van der Waals surface area (Å²) >= 11 is 0. The van der Waals surface area contributed by atoms with Crippen molar-refractivity contribution in [2.45, 2.75) is 31.9 Å². The van der Waals surface area contributed by atoms with Crippen LogP contribution < -0.4 is 10.5 Å². The summed E-state index contributed by atoms with van der Waals surface area (Å²) < 4.78 is 11.9. The number of methoxy groups -OCH3 is 1. The first-order chi connectivity index (χ1) is 16.1. The number of primary amides is 1. The second-order valence-electron chi connectivity index (χ2n) is 8.61. The number of carbonyl (C=O) groups is 1. The van der Waals surface area contributed by atoms with Gasteiger partial charge in [0.1, 0.15) is 11.9 Å². The van der Waals surface area contributed by atoms with Crippen LogP contribution in [0, 0.1) is 0 Å². The number of rotatable bonds is 6. The molecular weight excluding hydrogens is 416 g/mol. The minimum atomic E-state index is -0.450. The smallest absolute Gasteiger partial charge is 0.248 e. The number of nitrogens with two attached hydrogens (primary N) is 1. The Hall–Kier alpha value is -3.29. The van der Waals surface area contributed by atoms with Crippen molar-refractivity contribution in [1.82, 2.24) is 14.9 Å². The van der Waals surface area contributed by atoms with Gasteiger partial charge in [-0.2, -0.15) is 0 Å². The Kier molecular flexibility index (Phi) is 6.07. The number of carbonyl (C=O) groups excluding carboxylic acids is 1. The Bertz CT molecular complexity index is 1160. The molecule has 7 nitrogen and oxygen atoms in total. The minimum absolute atomic E-state index is 0.196. The van der Waals surface area contributed by atoms with E-state index in [-0.39, 0.29) is 6.10 Å². The average Bonchev–Trinajstić information content (AvgIpc) is 3.31. The molecule has 0 unspecified atom stereocenters. The van der Waals surface area contributed by atoms with Crippen molar-refractivity contribution in [3.63, 3.8) is 0 Å². The van der Waals surface area contributed by atoms with Gasteiger partial charge in [-0.3, -0.25) is 19.7 Å². The molecule has 1 fully saturated rings. The van der Waals surface area contributed by atoms with E-state index in [1.165, 1.54) is 23.1 Å². The van der Waals surface area contributed by atoms with Gasteiger partial charge in [0.05, 0.1) is 25.1 Å². The molecule has 1 aromatic heterocycles. The summed E-state index contributed by atoms with van der Waals surface area (Å²) in [6, 6.07) is 11.7. The summed E-state index contributed by atoms with van der Waals surface area (Å²) in [6.45, 7) is 2.98. The van der Waals surface area contributed by atoms with Crippen LogP contribution in [0.1, 0.15) is 45.3 Å². The highest BCUT2D eigenvalue weighted by atomic mass is 16.5. The summed E-state index contributed by atoms with van der Waals surface area (Å²) in [6.07, 6.45) is 6.69. The number of amides is 1. The first-order valence-corrected chi connectivity index (χ1v) is 11.4. The first-order valence-electron chi connectivity index (χ1n) is 11.4. The van der Waals surface area contributed by atoms with Crippen LogP contribution in [0.25, 0.3) is 11.3 Å². The van der Waals surface area contributed by atoms with Crippen molar-refractivity contribution in [1.29, 1.82) is 0 Å². The van der Waals surface area contributed by atoms with Crippen LogP contribution in [-0.2, 0) is 24.1 Å². The number of aryl methyl sites for hydroxylation is 2. The molecule has 0 radical (unpaired) electrons. The SMILES string of the molecule is COc1cc2c(cc1CN1CCO[C@@H](c3nccnc3-c3ccc(C(N)=O)cc3)C1)CCC2. The predicted octanol–water partition coefficient (Wildman–Crippen LogP) is 3.31. The third-order valence-corrected chi connectivity index (χ3v) is 6.51. The molecule has 1 amide bonds. The molecule has 33 heavy (non-hydrogen) atoms. The highest BCUT2D eigenvalue weighted by Crippen LogP contribution is 2.33. The van der Waals surface area contributed by atoms with Crippen LogP contribution in [0.4, 0.5) is 0 Å². The van der Waals surface area contributed by atoms with Crippen LogP contribution in [0.3, 0.4) is 0 Å². The van der Waals surface area contributed by atoms with E-state index in [1.54, 1.807) is 31.6 Å². The summed E-state index contributed by atoms with van der Waals surface area (Å²) in [5.74, 6) is 0.516. The Morgan fingerprint density at radius 1 is 1.15 bits per heavy atom. The fourth-order valence-electron chi connectivity index (χ4n) is 4.82. The molecule has 7 heteroatoms. The molecular formula is C26H28N4O3. The molecule has 1 aliphatic heterocycles. The molecule has 2 heterocycles. The van der Waals surface area contributed by atoms with Crippen LogP contribution in [-0.4, -0.2) is 47.6 Å². The topological polar surface area (TPSA) is 90.6 Å². The number of hydrogen-bond donors (Lipinski definition) is 1. The van der Waals surface area contributed by atoms with Gasteiger partial charge < -0.3 is 15.2 Å². The van der Waals surface area contributed by atoms with Gasteiger partial charge in [0.15, 0.2) is 0 Å². The summed E-state index contributed by atoms with van der Waals surface area (Å²) in [5.41, 5.74) is 12.4. The lowest BCUT2D eigenvalue weighted by Gasteiger charge is -2.33. The molecule has 0 bridgehead atoms. The Morgan fingerprint density at radius 3 is 2.67 bits per heavy atom. The van der Waals surface area contributed by atoms with Crippen molar-refractivity contribution in [2.24, 2.45) is 5.73 Å². The van der Waals surface area contributed by atoms with Crippen molar-refractivity contribution in [2.75, 3.05) is 26.8 Å². The molecule has 2 aliphatic rings. The number of nitrogens with zero attached hydrogens (tertiary/aromatic N) is 3. The van der Waals surface area contributed by atoms with Gasteiger partial charge in [-0.15, -0.1) is 0 Å². The number of fused-ring (bicyclic) bond motifs is 1. The van der Waals surface area contributed by atoms with Crippen molar-refractivity contribution < 1.29 is 14.3 Å². The maximum Gasteiger partial charge on any atom is 0.248 e. The van der Waals surface area contributed by atoms with Gasteiger partial charge in [0.25, 0.3) is 0 Å². The Balaban J connectivity index is 1.37. The fraction of sp³-hybridized carbons (Fsp3) is 0.346. The van der Waals surface area contributed by atoms with E-state index in [1.807, 2.05) is 12.1 Å². The van der Waals surface area contributed by atoms with Gasteiger partial charge in [0, 0.05) is 48.7 Å². The highest BCUT2D eigenvalue weighted by molar-refractivity contribution is 5.93. The van der Waals surface area contributed by atoms with E-state index >= 15 is 0 Å². The zero-order chi connectivity index (χ0) is 22.8. The molecule has 2 N–H and O–H groups in total. The molecule has 1 atom stereocenters.